The van der Waals surface area contributed by atoms with Crippen molar-refractivity contribution in [1.29, 1.82) is 0 Å². The molecule has 1 atom stereocenters. The first-order chi connectivity index (χ1) is 8.42. The fourth-order valence-electron chi connectivity index (χ4n) is 1.94. The monoisotopic (exact) mass is 255 g/mol. The molecule has 18 heavy (non-hydrogen) atoms. The van der Waals surface area contributed by atoms with Crippen LogP contribution < -0.4 is 0 Å². The average Bonchev–Trinajstić information content (AvgIpc) is 2.49. The Morgan fingerprint density at radius 1 is 1.44 bits per heavy atom. The molecule has 1 aliphatic heterocycles. The largest absolute Gasteiger partial charge is 0.444 e. The highest BCUT2D eigenvalue weighted by molar-refractivity contribution is 5.68. The van der Waals surface area contributed by atoms with E-state index in [1.54, 1.807) is 11.0 Å². The molecule has 0 radical (unpaired) electrons. The van der Waals surface area contributed by atoms with Gasteiger partial charge in [-0.2, -0.15) is 0 Å². The summed E-state index contributed by atoms with van der Waals surface area (Å²) in [5.41, 5.74) is -0.444. The van der Waals surface area contributed by atoms with E-state index in [0.717, 1.165) is 25.8 Å². The quantitative estimate of drug-likeness (QED) is 0.728. The van der Waals surface area contributed by atoms with E-state index >= 15 is 0 Å². The minimum atomic E-state index is -0.444. The minimum absolute atomic E-state index is 0.0954. The normalized spacial score (nSPS) is 21.3. The van der Waals surface area contributed by atoms with E-state index in [1.165, 1.54) is 0 Å². The first kappa shape index (κ1) is 15.0. The van der Waals surface area contributed by atoms with Crippen LogP contribution in [0.15, 0.2) is 12.7 Å². The zero-order valence-corrected chi connectivity index (χ0v) is 11.8. The van der Waals surface area contributed by atoms with E-state index in [4.69, 9.17) is 9.47 Å². The van der Waals surface area contributed by atoms with Crippen LogP contribution in [0, 0.1) is 0 Å². The number of likely N-dealkylation sites (tertiary alicyclic amines) is 1. The molecule has 0 aliphatic carbocycles. The first-order valence-electron chi connectivity index (χ1n) is 6.63. The van der Waals surface area contributed by atoms with Gasteiger partial charge in [-0.15, -0.1) is 6.58 Å². The Hall–Kier alpha value is -1.03. The summed E-state index contributed by atoms with van der Waals surface area (Å²) in [6.45, 7) is 11.2. The van der Waals surface area contributed by atoms with Crippen LogP contribution in [0.25, 0.3) is 0 Å². The van der Waals surface area contributed by atoms with Gasteiger partial charge in [0.2, 0.25) is 0 Å². The lowest BCUT2D eigenvalue weighted by Gasteiger charge is -2.28. The average molecular weight is 255 g/mol. The second kappa shape index (κ2) is 6.78. The molecule has 0 aromatic rings. The number of ether oxygens (including phenoxy) is 2. The van der Waals surface area contributed by atoms with Crippen molar-refractivity contribution in [2.75, 3.05) is 19.7 Å². The van der Waals surface area contributed by atoms with Gasteiger partial charge in [-0.25, -0.2) is 4.79 Å². The Bertz CT molecular complexity index is 283. The van der Waals surface area contributed by atoms with Gasteiger partial charge in [0, 0.05) is 6.54 Å². The van der Waals surface area contributed by atoms with Crippen molar-refractivity contribution < 1.29 is 14.3 Å². The predicted molar refractivity (Wildman–Crippen MR) is 71.6 cm³/mol. The van der Waals surface area contributed by atoms with Crippen LogP contribution in [0.1, 0.15) is 40.0 Å². The van der Waals surface area contributed by atoms with Gasteiger partial charge < -0.3 is 14.4 Å². The highest BCUT2D eigenvalue weighted by Crippen LogP contribution is 2.17. The number of carbonyl (C=O) groups is 1. The highest BCUT2D eigenvalue weighted by Gasteiger charge is 2.26. The molecule has 1 saturated heterocycles. The van der Waals surface area contributed by atoms with Crippen molar-refractivity contribution in [3.05, 3.63) is 12.7 Å². The van der Waals surface area contributed by atoms with Crippen LogP contribution in [0.2, 0.25) is 0 Å². The van der Waals surface area contributed by atoms with E-state index in [2.05, 4.69) is 6.58 Å². The molecule has 4 nitrogen and oxygen atoms in total. The number of nitrogens with zero attached hydrogens (tertiary/aromatic N) is 1. The lowest BCUT2D eigenvalue weighted by Crippen LogP contribution is -2.40. The zero-order chi connectivity index (χ0) is 13.6. The Balaban J connectivity index is 2.52. The van der Waals surface area contributed by atoms with E-state index in [-0.39, 0.29) is 12.2 Å². The number of rotatable bonds is 3. The summed E-state index contributed by atoms with van der Waals surface area (Å²) in [5, 5.41) is 0. The third kappa shape index (κ3) is 5.54. The summed E-state index contributed by atoms with van der Waals surface area (Å²) < 4.78 is 11.1. The molecule has 1 aliphatic rings. The topological polar surface area (TPSA) is 38.8 Å². The Kier molecular flexibility index (Phi) is 5.66. The molecule has 0 aromatic carbocycles. The first-order valence-corrected chi connectivity index (χ1v) is 6.63. The zero-order valence-electron chi connectivity index (χ0n) is 11.8. The van der Waals surface area contributed by atoms with E-state index in [9.17, 15) is 4.79 Å². The van der Waals surface area contributed by atoms with E-state index in [0.29, 0.717) is 13.2 Å². The maximum atomic E-state index is 12.0. The van der Waals surface area contributed by atoms with Gasteiger partial charge in [0.15, 0.2) is 0 Å². The number of amides is 1. The molecule has 0 aromatic heterocycles. The molecule has 0 saturated carbocycles. The second-order valence-electron chi connectivity index (χ2n) is 5.67. The summed E-state index contributed by atoms with van der Waals surface area (Å²) in [6.07, 6.45) is 4.68. The molecule has 0 unspecified atom stereocenters. The van der Waals surface area contributed by atoms with Crippen molar-refractivity contribution in [3.63, 3.8) is 0 Å². The van der Waals surface area contributed by atoms with E-state index < -0.39 is 5.60 Å². The molecular weight excluding hydrogens is 230 g/mol. The summed E-state index contributed by atoms with van der Waals surface area (Å²) in [5.74, 6) is 0. The SMILES string of the molecule is C=CCO[C@@H]1CCCCN(C(=O)OC(C)(C)C)C1. The van der Waals surface area contributed by atoms with Crippen LogP contribution in [0.4, 0.5) is 4.79 Å². The number of hydrogen-bond acceptors (Lipinski definition) is 3. The maximum absolute atomic E-state index is 12.0. The number of hydrogen-bond donors (Lipinski definition) is 0. The molecular formula is C14H25NO3. The molecule has 0 spiro atoms. The highest BCUT2D eigenvalue weighted by atomic mass is 16.6. The number of carbonyl (C=O) groups excluding carboxylic acids is 1. The molecule has 1 heterocycles. The van der Waals surface area contributed by atoms with Crippen molar-refractivity contribution in [1.82, 2.24) is 4.90 Å². The predicted octanol–water partition coefficient (Wildman–Crippen LogP) is 2.98. The Morgan fingerprint density at radius 3 is 2.78 bits per heavy atom. The van der Waals surface area contributed by atoms with Crippen LogP contribution in [-0.2, 0) is 9.47 Å². The molecule has 1 fully saturated rings. The van der Waals surface area contributed by atoms with Crippen molar-refractivity contribution in [2.45, 2.75) is 51.7 Å². The van der Waals surface area contributed by atoms with Gasteiger partial charge in [0.05, 0.1) is 19.3 Å². The third-order valence-electron chi connectivity index (χ3n) is 2.73. The molecule has 0 bridgehead atoms. The van der Waals surface area contributed by atoms with Crippen molar-refractivity contribution in [2.24, 2.45) is 0 Å². The van der Waals surface area contributed by atoms with Crippen LogP contribution in [0.5, 0.6) is 0 Å². The lowest BCUT2D eigenvalue weighted by molar-refractivity contribution is 0.00668. The summed E-state index contributed by atoms with van der Waals surface area (Å²) in [4.78, 5) is 13.8. The van der Waals surface area contributed by atoms with Crippen LogP contribution in [-0.4, -0.2) is 42.4 Å². The van der Waals surface area contributed by atoms with Gasteiger partial charge in [0.1, 0.15) is 5.60 Å². The summed E-state index contributed by atoms with van der Waals surface area (Å²) in [7, 11) is 0. The Morgan fingerprint density at radius 2 is 2.17 bits per heavy atom. The fraction of sp³-hybridized carbons (Fsp3) is 0.786. The lowest BCUT2D eigenvalue weighted by atomic mass is 10.2. The third-order valence-corrected chi connectivity index (χ3v) is 2.73. The van der Waals surface area contributed by atoms with Gasteiger partial charge in [0.25, 0.3) is 0 Å². The smallest absolute Gasteiger partial charge is 0.410 e. The van der Waals surface area contributed by atoms with Gasteiger partial charge in [-0.05, 0) is 40.0 Å². The van der Waals surface area contributed by atoms with Crippen molar-refractivity contribution >= 4 is 6.09 Å². The van der Waals surface area contributed by atoms with Crippen molar-refractivity contribution in [3.8, 4) is 0 Å². The molecule has 1 amide bonds. The maximum Gasteiger partial charge on any atom is 0.410 e. The molecule has 0 N–H and O–H groups in total. The standard InChI is InChI=1S/C14H25NO3/c1-5-10-17-12-8-6-7-9-15(11-12)13(16)18-14(2,3)4/h5,12H,1,6-11H2,2-4H3/t12-/m1/s1. The second-order valence-corrected chi connectivity index (χ2v) is 5.67. The van der Waals surface area contributed by atoms with Crippen LogP contribution in [0.3, 0.4) is 0 Å². The summed E-state index contributed by atoms with van der Waals surface area (Å²) in [6, 6.07) is 0. The van der Waals surface area contributed by atoms with Gasteiger partial charge in [-0.3, -0.25) is 0 Å². The summed E-state index contributed by atoms with van der Waals surface area (Å²) >= 11 is 0. The fourth-order valence-corrected chi connectivity index (χ4v) is 1.94. The molecule has 1 rings (SSSR count). The minimum Gasteiger partial charge on any atom is -0.444 e. The molecule has 104 valence electrons. The molecule has 4 heteroatoms. The van der Waals surface area contributed by atoms with Gasteiger partial charge >= 0.3 is 6.09 Å². The Labute approximate surface area is 110 Å². The van der Waals surface area contributed by atoms with Gasteiger partial charge in [-0.1, -0.05) is 6.08 Å². The van der Waals surface area contributed by atoms with Crippen LogP contribution >= 0.6 is 0 Å². The van der Waals surface area contributed by atoms with E-state index in [1.807, 2.05) is 20.8 Å².